The first kappa shape index (κ1) is 24.6. The van der Waals surface area contributed by atoms with E-state index in [-0.39, 0.29) is 6.61 Å². The number of hydrogen-bond donors (Lipinski definition) is 3. The summed E-state index contributed by atoms with van der Waals surface area (Å²) in [5.41, 5.74) is 3.58. The fourth-order valence-corrected chi connectivity index (χ4v) is 2.93. The molecular weight excluding hydrogens is 410 g/mol. The van der Waals surface area contributed by atoms with E-state index in [2.05, 4.69) is 41.3 Å². The minimum Gasteiger partial charge on any atom is -0.489 e. The first-order chi connectivity index (χ1) is 15.5. The molecular formula is C25H27NO6. The Morgan fingerprint density at radius 3 is 1.81 bits per heavy atom. The zero-order valence-electron chi connectivity index (χ0n) is 17.6. The van der Waals surface area contributed by atoms with Gasteiger partial charge in [-0.25, -0.2) is 9.59 Å². The lowest BCUT2D eigenvalue weighted by molar-refractivity contribution is -0.159. The van der Waals surface area contributed by atoms with Crippen LogP contribution >= 0.6 is 0 Å². The first-order valence-corrected chi connectivity index (χ1v) is 10.1. The zero-order valence-corrected chi connectivity index (χ0v) is 17.6. The molecule has 0 aliphatic heterocycles. The third kappa shape index (κ3) is 9.42. The highest BCUT2D eigenvalue weighted by atomic mass is 16.5. The minimum atomic E-state index is -1.82. The van der Waals surface area contributed by atoms with Crippen molar-refractivity contribution < 1.29 is 29.6 Å². The summed E-state index contributed by atoms with van der Waals surface area (Å²) < 4.78 is 5.92. The summed E-state index contributed by atoms with van der Waals surface area (Å²) in [5.74, 6) is -2.78. The lowest BCUT2D eigenvalue weighted by atomic mass is 10.1. The average molecular weight is 437 g/mol. The van der Waals surface area contributed by atoms with E-state index in [0.717, 1.165) is 24.4 Å². The van der Waals surface area contributed by atoms with Crippen LogP contribution in [0.5, 0.6) is 5.75 Å². The maximum absolute atomic E-state index is 9.39. The van der Waals surface area contributed by atoms with Crippen LogP contribution in [-0.4, -0.2) is 45.3 Å². The molecule has 0 heterocycles. The summed E-state index contributed by atoms with van der Waals surface area (Å²) >= 11 is 0. The Morgan fingerprint density at radius 1 is 0.719 bits per heavy atom. The number of carboxylic acid groups (broad SMARTS) is 2. The van der Waals surface area contributed by atoms with Crippen LogP contribution in [0.25, 0.3) is 0 Å². The molecule has 168 valence electrons. The molecule has 0 aliphatic rings. The van der Waals surface area contributed by atoms with Crippen molar-refractivity contribution >= 4 is 11.9 Å². The number of aliphatic hydroxyl groups excluding tert-OH is 1. The molecule has 0 aromatic heterocycles. The molecule has 7 nitrogen and oxygen atoms in total. The summed E-state index contributed by atoms with van der Waals surface area (Å²) in [5, 5.41) is 24.2. The Labute approximate surface area is 187 Å². The standard InChI is InChI=1S/C23H25NO2.C2H2O4/c25-15-14-24(17-20-8-3-1-4-9-20)18-22-12-7-13-23(16-22)26-19-21-10-5-2-6-11-21;3-1(4)2(5)6/h1-13,16,25H,14-15,17-19H2;(H,3,4)(H,5,6). The highest BCUT2D eigenvalue weighted by molar-refractivity contribution is 6.27. The predicted octanol–water partition coefficient (Wildman–Crippen LogP) is 3.42. The van der Waals surface area contributed by atoms with Crippen molar-refractivity contribution in [2.24, 2.45) is 0 Å². The Bertz CT molecular complexity index is 950. The number of aliphatic hydroxyl groups is 1. The van der Waals surface area contributed by atoms with Crippen LogP contribution < -0.4 is 4.74 Å². The van der Waals surface area contributed by atoms with Gasteiger partial charge in [0.05, 0.1) is 6.61 Å². The van der Waals surface area contributed by atoms with Crippen LogP contribution in [0.1, 0.15) is 16.7 Å². The molecule has 7 heteroatoms. The summed E-state index contributed by atoms with van der Waals surface area (Å²) in [6, 6.07) is 28.7. The molecule has 0 saturated carbocycles. The molecule has 32 heavy (non-hydrogen) atoms. The molecule has 0 amide bonds. The monoisotopic (exact) mass is 437 g/mol. The third-order valence-electron chi connectivity index (χ3n) is 4.40. The Morgan fingerprint density at radius 2 is 1.25 bits per heavy atom. The quantitative estimate of drug-likeness (QED) is 0.440. The molecule has 0 bridgehead atoms. The van der Waals surface area contributed by atoms with Crippen molar-refractivity contribution in [2.45, 2.75) is 19.7 Å². The maximum Gasteiger partial charge on any atom is 0.414 e. The van der Waals surface area contributed by atoms with Crippen molar-refractivity contribution in [2.75, 3.05) is 13.2 Å². The second kappa shape index (κ2) is 13.6. The summed E-state index contributed by atoms with van der Waals surface area (Å²) in [7, 11) is 0. The van der Waals surface area contributed by atoms with Crippen molar-refractivity contribution in [3.63, 3.8) is 0 Å². The van der Waals surface area contributed by atoms with Crippen LogP contribution in [0.15, 0.2) is 84.9 Å². The van der Waals surface area contributed by atoms with Crippen molar-refractivity contribution in [1.82, 2.24) is 4.90 Å². The highest BCUT2D eigenvalue weighted by Crippen LogP contribution is 2.17. The highest BCUT2D eigenvalue weighted by Gasteiger charge is 2.08. The van der Waals surface area contributed by atoms with Crippen LogP contribution in [0.3, 0.4) is 0 Å². The van der Waals surface area contributed by atoms with E-state index in [9.17, 15) is 5.11 Å². The first-order valence-electron chi connectivity index (χ1n) is 10.1. The Kier molecular flexibility index (Phi) is 10.4. The topological polar surface area (TPSA) is 107 Å². The van der Waals surface area contributed by atoms with Gasteiger partial charge in [0.2, 0.25) is 0 Å². The molecule has 0 unspecified atom stereocenters. The summed E-state index contributed by atoms with van der Waals surface area (Å²) in [4.78, 5) is 20.4. The van der Waals surface area contributed by atoms with E-state index in [1.54, 1.807) is 0 Å². The maximum atomic E-state index is 9.39. The fourth-order valence-electron chi connectivity index (χ4n) is 2.93. The summed E-state index contributed by atoms with van der Waals surface area (Å²) in [6.45, 7) is 2.95. The van der Waals surface area contributed by atoms with E-state index in [0.29, 0.717) is 13.2 Å². The van der Waals surface area contributed by atoms with E-state index in [1.165, 1.54) is 11.1 Å². The smallest absolute Gasteiger partial charge is 0.414 e. The van der Waals surface area contributed by atoms with E-state index in [4.69, 9.17) is 24.5 Å². The largest absolute Gasteiger partial charge is 0.489 e. The second-order valence-corrected chi connectivity index (χ2v) is 6.95. The number of carboxylic acids is 2. The van der Waals surface area contributed by atoms with Gasteiger partial charge in [-0.1, -0.05) is 72.8 Å². The molecule has 0 fully saturated rings. The van der Waals surface area contributed by atoms with Crippen LogP contribution in [-0.2, 0) is 29.3 Å². The van der Waals surface area contributed by atoms with Gasteiger partial charge in [-0.15, -0.1) is 0 Å². The number of ether oxygens (including phenoxy) is 1. The van der Waals surface area contributed by atoms with Gasteiger partial charge in [-0.05, 0) is 28.8 Å². The van der Waals surface area contributed by atoms with Gasteiger partial charge >= 0.3 is 11.9 Å². The van der Waals surface area contributed by atoms with Gasteiger partial charge in [-0.3, -0.25) is 4.90 Å². The molecule has 3 aromatic carbocycles. The van der Waals surface area contributed by atoms with Gasteiger partial charge in [0.25, 0.3) is 0 Å². The number of benzene rings is 3. The van der Waals surface area contributed by atoms with Crippen molar-refractivity contribution in [3.8, 4) is 5.75 Å². The van der Waals surface area contributed by atoms with E-state index < -0.39 is 11.9 Å². The number of nitrogens with zero attached hydrogens (tertiary/aromatic N) is 1. The SMILES string of the molecule is O=C(O)C(=O)O.OCCN(Cc1ccccc1)Cc1cccc(OCc2ccccc2)c1. The van der Waals surface area contributed by atoms with Gasteiger partial charge in [0.15, 0.2) is 0 Å². The molecule has 0 spiro atoms. The Hall–Kier alpha value is -3.68. The molecule has 3 N–H and O–H groups in total. The number of rotatable bonds is 9. The van der Waals surface area contributed by atoms with Crippen molar-refractivity contribution in [1.29, 1.82) is 0 Å². The van der Waals surface area contributed by atoms with E-state index in [1.807, 2.05) is 48.5 Å². The lowest BCUT2D eigenvalue weighted by Gasteiger charge is -2.22. The summed E-state index contributed by atoms with van der Waals surface area (Å²) in [6.07, 6.45) is 0. The molecule has 0 atom stereocenters. The lowest BCUT2D eigenvalue weighted by Crippen LogP contribution is -2.26. The average Bonchev–Trinajstić information content (AvgIpc) is 2.80. The van der Waals surface area contributed by atoms with Gasteiger partial charge in [0, 0.05) is 19.6 Å². The molecule has 0 saturated heterocycles. The van der Waals surface area contributed by atoms with Crippen LogP contribution in [0.4, 0.5) is 0 Å². The third-order valence-corrected chi connectivity index (χ3v) is 4.40. The van der Waals surface area contributed by atoms with E-state index >= 15 is 0 Å². The fraction of sp³-hybridized carbons (Fsp3) is 0.200. The number of carbonyl (C=O) groups is 2. The minimum absolute atomic E-state index is 0.150. The normalized spacial score (nSPS) is 10.2. The van der Waals surface area contributed by atoms with Gasteiger partial charge in [-0.2, -0.15) is 0 Å². The number of aliphatic carboxylic acids is 2. The molecule has 3 aromatic rings. The van der Waals surface area contributed by atoms with Gasteiger partial charge in [0.1, 0.15) is 12.4 Å². The zero-order chi connectivity index (χ0) is 23.2. The van der Waals surface area contributed by atoms with Gasteiger partial charge < -0.3 is 20.1 Å². The Balaban J connectivity index is 0.000000534. The number of hydrogen-bond acceptors (Lipinski definition) is 5. The van der Waals surface area contributed by atoms with Crippen LogP contribution in [0, 0.1) is 0 Å². The molecule has 0 radical (unpaired) electrons. The molecule has 3 rings (SSSR count). The van der Waals surface area contributed by atoms with Crippen molar-refractivity contribution in [3.05, 3.63) is 102 Å². The predicted molar refractivity (Wildman–Crippen MR) is 120 cm³/mol. The van der Waals surface area contributed by atoms with Crippen LogP contribution in [0.2, 0.25) is 0 Å². The molecule has 0 aliphatic carbocycles. The second-order valence-electron chi connectivity index (χ2n) is 6.95.